The smallest absolute Gasteiger partial charge is 0.240 e. The molecule has 154 valence electrons. The second kappa shape index (κ2) is 7.38. The van der Waals surface area contributed by atoms with Gasteiger partial charge in [0.2, 0.25) is 27.7 Å². The molecule has 3 aliphatic carbocycles. The molecule has 0 radical (unpaired) electrons. The fourth-order valence-electron chi connectivity index (χ4n) is 4.68. The van der Waals surface area contributed by atoms with Gasteiger partial charge in [-0.05, 0) is 48.8 Å². The molecular weight excluding hydrogens is 394 g/mol. The fraction of sp³-hybridized carbons (Fsp3) is 0.450. The van der Waals surface area contributed by atoms with Crippen LogP contribution in [0.25, 0.3) is 0 Å². The maximum absolute atomic E-state index is 12.7. The summed E-state index contributed by atoms with van der Waals surface area (Å²) in [5.41, 5.74) is 0.833. The minimum absolute atomic E-state index is 0.0290. The van der Waals surface area contributed by atoms with E-state index in [0.717, 1.165) is 23.3 Å². The average Bonchev–Trinajstić information content (AvgIpc) is 2.96. The Morgan fingerprint density at radius 3 is 2.07 bits per heavy atom. The molecule has 1 saturated heterocycles. The molecule has 3 N–H and O–H groups in total. The second-order valence-electron chi connectivity index (χ2n) is 7.89. The lowest BCUT2D eigenvalue weighted by molar-refractivity contribution is -0.143. The summed E-state index contributed by atoms with van der Waals surface area (Å²) in [4.78, 5) is 38.9. The van der Waals surface area contributed by atoms with Crippen LogP contribution in [0.5, 0.6) is 0 Å². The molecule has 5 rings (SSSR count). The number of carbonyl (C=O) groups excluding carboxylic acids is 3. The minimum Gasteiger partial charge on any atom is -0.354 e. The van der Waals surface area contributed by atoms with E-state index >= 15 is 0 Å². The maximum Gasteiger partial charge on any atom is 0.240 e. The highest BCUT2D eigenvalue weighted by Gasteiger charge is 2.56. The molecule has 4 aliphatic rings. The highest BCUT2D eigenvalue weighted by atomic mass is 32.2. The molecule has 1 aliphatic heterocycles. The van der Waals surface area contributed by atoms with Crippen molar-refractivity contribution in [1.29, 1.82) is 0 Å². The predicted molar refractivity (Wildman–Crippen MR) is 104 cm³/mol. The summed E-state index contributed by atoms with van der Waals surface area (Å²) in [7, 11) is -3.73. The molecule has 4 atom stereocenters. The van der Waals surface area contributed by atoms with Crippen molar-refractivity contribution in [2.45, 2.75) is 24.2 Å². The molecule has 1 heterocycles. The van der Waals surface area contributed by atoms with Gasteiger partial charge in [0.25, 0.3) is 0 Å². The van der Waals surface area contributed by atoms with Crippen LogP contribution in [0.2, 0.25) is 0 Å². The molecule has 1 aromatic rings. The standard InChI is InChI=1S/C20H23N3O5S/c21-29(27,28)15-7-1-12(2-8-15)9-10-22-16(24)11-23-19(25)17-13-3-4-14(6-5-13)18(17)20(23)26/h1-4,7-8,13-14,17-18H,5-6,9-11H2,(H,22,24)(H2,21,27,28). The Balaban J connectivity index is 1.30. The predicted octanol–water partition coefficient (Wildman–Crippen LogP) is 0.190. The van der Waals surface area contributed by atoms with Gasteiger partial charge in [-0.25, -0.2) is 13.6 Å². The first-order chi connectivity index (χ1) is 13.8. The van der Waals surface area contributed by atoms with Gasteiger partial charge in [0.1, 0.15) is 6.54 Å². The largest absolute Gasteiger partial charge is 0.354 e. The van der Waals surface area contributed by atoms with E-state index in [0.29, 0.717) is 13.0 Å². The van der Waals surface area contributed by atoms with Gasteiger partial charge < -0.3 is 5.32 Å². The molecule has 2 bridgehead atoms. The lowest BCUT2D eigenvalue weighted by atomic mass is 9.63. The molecule has 3 amide bonds. The Morgan fingerprint density at radius 1 is 1.03 bits per heavy atom. The average molecular weight is 417 g/mol. The summed E-state index contributed by atoms with van der Waals surface area (Å²) >= 11 is 0. The van der Waals surface area contributed by atoms with Crippen molar-refractivity contribution >= 4 is 27.7 Å². The molecule has 1 aromatic carbocycles. The summed E-state index contributed by atoms with van der Waals surface area (Å²) in [5, 5.41) is 7.78. The first-order valence-electron chi connectivity index (χ1n) is 9.67. The van der Waals surface area contributed by atoms with E-state index in [1.807, 2.05) is 12.2 Å². The van der Waals surface area contributed by atoms with Crippen molar-refractivity contribution in [3.05, 3.63) is 42.0 Å². The Hall–Kier alpha value is -2.52. The summed E-state index contributed by atoms with van der Waals surface area (Å²) in [6.07, 6.45) is 6.42. The number of primary sulfonamides is 1. The van der Waals surface area contributed by atoms with Crippen LogP contribution in [0.4, 0.5) is 0 Å². The number of hydrogen-bond donors (Lipinski definition) is 2. The normalized spacial score (nSPS) is 28.0. The molecule has 1 saturated carbocycles. The first-order valence-corrected chi connectivity index (χ1v) is 11.2. The van der Waals surface area contributed by atoms with Crippen LogP contribution in [0.3, 0.4) is 0 Å². The SMILES string of the molecule is NS(=O)(=O)c1ccc(CCNC(=O)CN2C(=O)C3C4C=CC(CC4)C3C2=O)cc1. The van der Waals surface area contributed by atoms with Crippen LogP contribution in [0.15, 0.2) is 41.3 Å². The third kappa shape index (κ3) is 3.72. The number of hydrogen-bond acceptors (Lipinski definition) is 5. The van der Waals surface area contributed by atoms with Gasteiger partial charge in [-0.2, -0.15) is 0 Å². The number of nitrogens with zero attached hydrogens (tertiary/aromatic N) is 1. The van der Waals surface area contributed by atoms with E-state index in [2.05, 4.69) is 5.32 Å². The molecule has 8 nitrogen and oxygen atoms in total. The number of imide groups is 1. The second-order valence-corrected chi connectivity index (χ2v) is 9.45. The summed E-state index contributed by atoms with van der Waals surface area (Å²) in [5.74, 6) is -1.25. The molecule has 4 unspecified atom stereocenters. The minimum atomic E-state index is -3.73. The van der Waals surface area contributed by atoms with E-state index in [1.165, 1.54) is 12.1 Å². The molecule has 29 heavy (non-hydrogen) atoms. The zero-order valence-corrected chi connectivity index (χ0v) is 16.6. The molecule has 0 aromatic heterocycles. The Kier molecular flexibility index (Phi) is 5.04. The highest BCUT2D eigenvalue weighted by molar-refractivity contribution is 7.89. The van der Waals surface area contributed by atoms with Gasteiger partial charge >= 0.3 is 0 Å². The van der Waals surface area contributed by atoms with Crippen LogP contribution >= 0.6 is 0 Å². The number of sulfonamides is 1. The zero-order valence-electron chi connectivity index (χ0n) is 15.8. The molecule has 9 heteroatoms. The number of nitrogens with two attached hydrogens (primary N) is 1. The number of benzene rings is 1. The lowest BCUT2D eigenvalue weighted by Crippen LogP contribution is -2.41. The maximum atomic E-state index is 12.7. The van der Waals surface area contributed by atoms with Gasteiger partial charge in [0.15, 0.2) is 0 Å². The van der Waals surface area contributed by atoms with Gasteiger partial charge in [0.05, 0.1) is 16.7 Å². The third-order valence-corrected chi connectivity index (χ3v) is 7.07. The van der Waals surface area contributed by atoms with Crippen LogP contribution < -0.4 is 10.5 Å². The van der Waals surface area contributed by atoms with Crippen molar-refractivity contribution in [3.63, 3.8) is 0 Å². The third-order valence-electron chi connectivity index (χ3n) is 6.14. The summed E-state index contributed by atoms with van der Waals surface area (Å²) < 4.78 is 22.5. The molecule has 0 spiro atoms. The number of carbonyl (C=O) groups is 3. The van der Waals surface area contributed by atoms with Crippen molar-refractivity contribution in [1.82, 2.24) is 10.2 Å². The monoisotopic (exact) mass is 417 g/mol. The van der Waals surface area contributed by atoms with Gasteiger partial charge in [0, 0.05) is 6.54 Å². The van der Waals surface area contributed by atoms with Crippen molar-refractivity contribution in [2.24, 2.45) is 28.8 Å². The van der Waals surface area contributed by atoms with Crippen LogP contribution in [-0.4, -0.2) is 44.1 Å². The number of likely N-dealkylation sites (tertiary alicyclic amines) is 1. The van der Waals surface area contributed by atoms with Gasteiger partial charge in [-0.3, -0.25) is 19.3 Å². The number of nitrogens with one attached hydrogen (secondary N) is 1. The van der Waals surface area contributed by atoms with Crippen LogP contribution in [-0.2, 0) is 30.8 Å². The van der Waals surface area contributed by atoms with E-state index < -0.39 is 10.0 Å². The number of rotatable bonds is 6. The molecular formula is C20H23N3O5S. The van der Waals surface area contributed by atoms with Crippen molar-refractivity contribution < 1.29 is 22.8 Å². The van der Waals surface area contributed by atoms with E-state index in [4.69, 9.17) is 5.14 Å². The Labute approximate surface area is 169 Å². The Bertz CT molecular complexity index is 954. The first kappa shape index (κ1) is 19.8. The number of amides is 3. The lowest BCUT2D eigenvalue weighted by Gasteiger charge is -2.38. The van der Waals surface area contributed by atoms with Crippen LogP contribution in [0, 0.1) is 23.7 Å². The van der Waals surface area contributed by atoms with Gasteiger partial charge in [-0.15, -0.1) is 0 Å². The number of fused-ring (bicyclic) bond motifs is 1. The number of allylic oxidation sites excluding steroid dienone is 2. The fourth-order valence-corrected chi connectivity index (χ4v) is 5.20. The summed E-state index contributed by atoms with van der Waals surface area (Å²) in [6.45, 7) is 0.0535. The topological polar surface area (TPSA) is 127 Å². The molecule has 2 fully saturated rings. The van der Waals surface area contributed by atoms with Crippen molar-refractivity contribution in [2.75, 3.05) is 13.1 Å². The van der Waals surface area contributed by atoms with E-state index in [1.54, 1.807) is 12.1 Å². The van der Waals surface area contributed by atoms with Crippen molar-refractivity contribution in [3.8, 4) is 0 Å². The zero-order chi connectivity index (χ0) is 20.8. The highest BCUT2D eigenvalue weighted by Crippen LogP contribution is 2.49. The Morgan fingerprint density at radius 2 is 1.59 bits per heavy atom. The van der Waals surface area contributed by atoms with E-state index in [9.17, 15) is 22.8 Å². The van der Waals surface area contributed by atoms with E-state index in [-0.39, 0.29) is 52.8 Å². The quantitative estimate of drug-likeness (QED) is 0.505. The summed E-state index contributed by atoms with van der Waals surface area (Å²) in [6, 6.07) is 6.09. The van der Waals surface area contributed by atoms with Gasteiger partial charge in [-0.1, -0.05) is 24.3 Å². The van der Waals surface area contributed by atoms with Crippen LogP contribution in [0.1, 0.15) is 18.4 Å².